The van der Waals surface area contributed by atoms with E-state index in [2.05, 4.69) is 4.99 Å². The standard InChI is InChI=1S/C8H8N2/c1-7-2-3-8(6-9)10-5-4-7/h3-5H,2H2,1H3. The first-order valence-electron chi connectivity index (χ1n) is 3.13. The number of nitriles is 1. The minimum Gasteiger partial charge on any atom is -0.246 e. The first-order chi connectivity index (χ1) is 4.83. The second kappa shape index (κ2) is 2.98. The molecule has 0 saturated carbocycles. The molecular weight excluding hydrogens is 124 g/mol. The van der Waals surface area contributed by atoms with E-state index in [9.17, 15) is 0 Å². The maximum absolute atomic E-state index is 8.45. The quantitative estimate of drug-likeness (QED) is 0.495. The summed E-state index contributed by atoms with van der Waals surface area (Å²) < 4.78 is 0. The molecule has 1 aliphatic heterocycles. The Hall–Kier alpha value is -1.36. The van der Waals surface area contributed by atoms with Crippen molar-refractivity contribution in [3.05, 3.63) is 23.4 Å². The summed E-state index contributed by atoms with van der Waals surface area (Å²) in [5.74, 6) is 0. The molecule has 0 spiro atoms. The lowest BCUT2D eigenvalue weighted by Crippen LogP contribution is -1.70. The van der Waals surface area contributed by atoms with Gasteiger partial charge in [-0.3, -0.25) is 0 Å². The Bertz CT molecular complexity index is 251. The zero-order valence-corrected chi connectivity index (χ0v) is 5.83. The third-order valence-electron chi connectivity index (χ3n) is 1.30. The molecule has 2 nitrogen and oxygen atoms in total. The highest BCUT2D eigenvalue weighted by Crippen LogP contribution is 2.07. The van der Waals surface area contributed by atoms with E-state index in [0.717, 1.165) is 6.42 Å². The van der Waals surface area contributed by atoms with Crippen LogP contribution in [0.2, 0.25) is 0 Å². The van der Waals surface area contributed by atoms with Gasteiger partial charge < -0.3 is 0 Å². The Balaban J connectivity index is 2.82. The summed E-state index contributed by atoms with van der Waals surface area (Å²) in [6.45, 7) is 2.02. The summed E-state index contributed by atoms with van der Waals surface area (Å²) in [6.07, 6.45) is 6.25. The lowest BCUT2D eigenvalue weighted by Gasteiger charge is -1.87. The highest BCUT2D eigenvalue weighted by molar-refractivity contribution is 5.74. The molecule has 0 aromatic rings. The number of rotatable bonds is 0. The maximum atomic E-state index is 8.45. The number of aliphatic imine (C=N–C) groups is 1. The van der Waals surface area contributed by atoms with Gasteiger partial charge in [-0.15, -0.1) is 0 Å². The molecule has 0 aromatic heterocycles. The molecule has 0 saturated heterocycles. The minimum atomic E-state index is 0.508. The summed E-state index contributed by atoms with van der Waals surface area (Å²) >= 11 is 0. The first-order valence-corrected chi connectivity index (χ1v) is 3.13. The minimum absolute atomic E-state index is 0.508. The van der Waals surface area contributed by atoms with E-state index in [1.807, 2.05) is 25.1 Å². The average molecular weight is 132 g/mol. The predicted octanol–water partition coefficient (Wildman–Crippen LogP) is 1.81. The van der Waals surface area contributed by atoms with Gasteiger partial charge in [-0.25, -0.2) is 4.99 Å². The van der Waals surface area contributed by atoms with E-state index >= 15 is 0 Å². The van der Waals surface area contributed by atoms with Crippen molar-refractivity contribution in [2.24, 2.45) is 4.99 Å². The molecule has 1 rings (SSSR count). The van der Waals surface area contributed by atoms with E-state index in [1.165, 1.54) is 5.57 Å². The van der Waals surface area contributed by atoms with E-state index in [1.54, 1.807) is 6.21 Å². The Kier molecular flexibility index (Phi) is 2.01. The van der Waals surface area contributed by atoms with Crippen LogP contribution in [0.5, 0.6) is 0 Å². The molecule has 0 atom stereocenters. The molecule has 1 aliphatic rings. The molecule has 50 valence electrons. The van der Waals surface area contributed by atoms with Crippen LogP contribution in [0.4, 0.5) is 0 Å². The van der Waals surface area contributed by atoms with Gasteiger partial charge in [0.25, 0.3) is 0 Å². The third-order valence-corrected chi connectivity index (χ3v) is 1.30. The molecule has 0 amide bonds. The summed E-state index contributed by atoms with van der Waals surface area (Å²) in [7, 11) is 0. The van der Waals surface area contributed by atoms with Crippen molar-refractivity contribution in [2.45, 2.75) is 13.3 Å². The molecule has 0 unspecified atom stereocenters. The van der Waals surface area contributed by atoms with Crippen LogP contribution in [-0.2, 0) is 0 Å². The summed E-state index contributed by atoms with van der Waals surface area (Å²) in [4.78, 5) is 3.89. The second-order valence-electron chi connectivity index (χ2n) is 2.20. The normalized spacial score (nSPS) is 16.8. The fourth-order valence-electron chi connectivity index (χ4n) is 0.698. The van der Waals surface area contributed by atoms with Crippen LogP contribution in [-0.4, -0.2) is 6.21 Å². The molecule has 0 bridgehead atoms. The van der Waals surface area contributed by atoms with Crippen molar-refractivity contribution in [3.63, 3.8) is 0 Å². The number of hydrogen-bond acceptors (Lipinski definition) is 2. The monoisotopic (exact) mass is 132 g/mol. The highest BCUT2D eigenvalue weighted by atomic mass is 14.7. The molecule has 10 heavy (non-hydrogen) atoms. The van der Waals surface area contributed by atoms with Gasteiger partial charge in [0.05, 0.1) is 0 Å². The first kappa shape index (κ1) is 6.76. The third kappa shape index (κ3) is 1.56. The maximum Gasteiger partial charge on any atom is 0.136 e. The molecule has 1 heterocycles. The Labute approximate surface area is 60.2 Å². The summed E-state index contributed by atoms with van der Waals surface area (Å²) in [6, 6.07) is 1.99. The molecule has 0 radical (unpaired) electrons. The van der Waals surface area contributed by atoms with Crippen molar-refractivity contribution in [2.75, 3.05) is 0 Å². The average Bonchev–Trinajstić information content (AvgIpc) is 2.14. The zero-order valence-electron chi connectivity index (χ0n) is 5.83. The fourth-order valence-corrected chi connectivity index (χ4v) is 0.698. The van der Waals surface area contributed by atoms with Gasteiger partial charge in [-0.2, -0.15) is 5.26 Å². The Morgan fingerprint density at radius 2 is 2.50 bits per heavy atom. The van der Waals surface area contributed by atoms with Crippen LogP contribution in [0.1, 0.15) is 13.3 Å². The Morgan fingerprint density at radius 3 is 3.20 bits per heavy atom. The van der Waals surface area contributed by atoms with Crippen LogP contribution in [0.25, 0.3) is 0 Å². The van der Waals surface area contributed by atoms with Gasteiger partial charge in [-0.1, -0.05) is 5.57 Å². The van der Waals surface area contributed by atoms with Gasteiger partial charge in [0.15, 0.2) is 0 Å². The van der Waals surface area contributed by atoms with Crippen molar-refractivity contribution < 1.29 is 0 Å². The Morgan fingerprint density at radius 1 is 1.70 bits per heavy atom. The molecule has 0 aromatic carbocycles. The van der Waals surface area contributed by atoms with Crippen molar-refractivity contribution in [1.82, 2.24) is 0 Å². The lowest BCUT2D eigenvalue weighted by atomic mass is 10.2. The van der Waals surface area contributed by atoms with Crippen LogP contribution in [0.3, 0.4) is 0 Å². The van der Waals surface area contributed by atoms with Crippen LogP contribution < -0.4 is 0 Å². The molecule has 0 aliphatic carbocycles. The molecular formula is C8H8N2. The van der Waals surface area contributed by atoms with E-state index < -0.39 is 0 Å². The SMILES string of the molecule is CC1=CC=NC(C#N)=CC1. The van der Waals surface area contributed by atoms with Crippen molar-refractivity contribution in [3.8, 4) is 6.07 Å². The van der Waals surface area contributed by atoms with E-state index in [-0.39, 0.29) is 0 Å². The predicted molar refractivity (Wildman–Crippen MR) is 40.6 cm³/mol. The largest absolute Gasteiger partial charge is 0.246 e. The number of hydrogen-bond donors (Lipinski definition) is 0. The number of allylic oxidation sites excluding steroid dienone is 4. The topological polar surface area (TPSA) is 36.1 Å². The van der Waals surface area contributed by atoms with Crippen molar-refractivity contribution in [1.29, 1.82) is 5.26 Å². The van der Waals surface area contributed by atoms with Crippen LogP contribution in [0.15, 0.2) is 28.4 Å². The highest BCUT2D eigenvalue weighted by Gasteiger charge is 1.93. The summed E-state index contributed by atoms with van der Waals surface area (Å²) in [5.41, 5.74) is 1.74. The number of nitrogens with zero attached hydrogens (tertiary/aromatic N) is 2. The lowest BCUT2D eigenvalue weighted by molar-refractivity contribution is 1.20. The molecule has 0 fully saturated rings. The van der Waals surface area contributed by atoms with Crippen molar-refractivity contribution >= 4 is 6.21 Å². The summed E-state index contributed by atoms with van der Waals surface area (Å²) in [5, 5.41) is 8.45. The van der Waals surface area contributed by atoms with Gasteiger partial charge >= 0.3 is 0 Å². The molecule has 2 heteroatoms. The van der Waals surface area contributed by atoms with Gasteiger partial charge in [-0.05, 0) is 25.5 Å². The van der Waals surface area contributed by atoms with Gasteiger partial charge in [0.1, 0.15) is 11.8 Å². The van der Waals surface area contributed by atoms with E-state index in [4.69, 9.17) is 5.26 Å². The van der Waals surface area contributed by atoms with E-state index in [0.29, 0.717) is 5.70 Å². The van der Waals surface area contributed by atoms with Crippen LogP contribution >= 0.6 is 0 Å². The molecule has 0 N–H and O–H groups in total. The van der Waals surface area contributed by atoms with Gasteiger partial charge in [0, 0.05) is 6.21 Å². The van der Waals surface area contributed by atoms with Crippen LogP contribution in [0, 0.1) is 11.3 Å². The second-order valence-corrected chi connectivity index (χ2v) is 2.20. The smallest absolute Gasteiger partial charge is 0.136 e. The fraction of sp³-hybridized carbons (Fsp3) is 0.250. The zero-order chi connectivity index (χ0) is 7.40. The van der Waals surface area contributed by atoms with Gasteiger partial charge in [0.2, 0.25) is 0 Å².